The molecule has 2 aromatic rings. The van der Waals surface area contributed by atoms with Gasteiger partial charge in [0.15, 0.2) is 5.13 Å². The number of rotatable bonds is 4. The third-order valence-corrected chi connectivity index (χ3v) is 5.93. The van der Waals surface area contributed by atoms with E-state index in [-0.39, 0.29) is 0 Å². The lowest BCUT2D eigenvalue weighted by Gasteiger charge is -2.31. The number of anilines is 2. The molecule has 0 radical (unpaired) electrons. The van der Waals surface area contributed by atoms with Crippen LogP contribution in [0.25, 0.3) is 0 Å². The van der Waals surface area contributed by atoms with E-state index < -0.39 is 5.91 Å². The molecule has 4 rings (SSSR count). The van der Waals surface area contributed by atoms with E-state index in [1.165, 1.54) is 24.2 Å². The minimum absolute atomic E-state index is 0.355. The van der Waals surface area contributed by atoms with Gasteiger partial charge in [0.05, 0.1) is 0 Å². The van der Waals surface area contributed by atoms with Crippen LogP contribution < -0.4 is 15.5 Å². The predicted octanol–water partition coefficient (Wildman–Crippen LogP) is 2.02. The molecule has 2 fully saturated rings. The van der Waals surface area contributed by atoms with E-state index in [9.17, 15) is 4.79 Å². The Morgan fingerprint density at radius 3 is 2.56 bits per heavy atom. The molecule has 25 heavy (non-hydrogen) atoms. The zero-order chi connectivity index (χ0) is 17.2. The second-order valence-corrected chi connectivity index (χ2v) is 7.47. The summed E-state index contributed by atoms with van der Waals surface area (Å²) in [5.41, 5.74) is 6.79. The summed E-state index contributed by atoms with van der Waals surface area (Å²) < 4.78 is 0. The van der Waals surface area contributed by atoms with Gasteiger partial charge in [0, 0.05) is 49.2 Å². The Labute approximate surface area is 150 Å². The molecular weight excluding hydrogens is 336 g/mol. The highest BCUT2D eigenvalue weighted by Crippen LogP contribution is 2.32. The molecule has 2 saturated heterocycles. The zero-order valence-corrected chi connectivity index (χ0v) is 14.9. The van der Waals surface area contributed by atoms with E-state index in [2.05, 4.69) is 30.8 Å². The van der Waals surface area contributed by atoms with Crippen LogP contribution in [0.3, 0.4) is 0 Å². The molecule has 0 aromatic carbocycles. The van der Waals surface area contributed by atoms with Crippen molar-refractivity contribution in [1.29, 1.82) is 0 Å². The van der Waals surface area contributed by atoms with Crippen molar-refractivity contribution in [2.75, 3.05) is 36.0 Å². The molecule has 2 N–H and O–H groups in total. The highest BCUT2D eigenvalue weighted by Gasteiger charge is 2.25. The number of nitrogens with two attached hydrogens (primary N) is 1. The van der Waals surface area contributed by atoms with E-state index in [1.807, 2.05) is 0 Å². The molecule has 2 aliphatic heterocycles. The second-order valence-electron chi connectivity index (χ2n) is 6.64. The first-order valence-corrected chi connectivity index (χ1v) is 9.66. The third-order valence-electron chi connectivity index (χ3n) is 5.03. The van der Waals surface area contributed by atoms with Crippen molar-refractivity contribution in [1.82, 2.24) is 15.0 Å². The summed E-state index contributed by atoms with van der Waals surface area (Å²) in [7, 11) is 0. The third kappa shape index (κ3) is 3.44. The lowest BCUT2D eigenvalue weighted by Crippen LogP contribution is -2.33. The predicted molar refractivity (Wildman–Crippen MR) is 98.3 cm³/mol. The minimum Gasteiger partial charge on any atom is -0.364 e. The molecule has 4 heterocycles. The van der Waals surface area contributed by atoms with Crippen molar-refractivity contribution < 1.29 is 4.79 Å². The summed E-state index contributed by atoms with van der Waals surface area (Å²) in [5, 5.41) is 2.61. The fourth-order valence-corrected chi connectivity index (χ4v) is 4.46. The van der Waals surface area contributed by atoms with Gasteiger partial charge >= 0.3 is 0 Å². The largest absolute Gasteiger partial charge is 0.364 e. The quantitative estimate of drug-likeness (QED) is 0.899. The number of hydrogen-bond acceptors (Lipinski definition) is 7. The van der Waals surface area contributed by atoms with Gasteiger partial charge in [-0.1, -0.05) is 0 Å². The monoisotopic (exact) mass is 358 g/mol. The lowest BCUT2D eigenvalue weighted by molar-refractivity contribution is 0.0996. The van der Waals surface area contributed by atoms with Crippen LogP contribution in [0, 0.1) is 0 Å². The average molecular weight is 358 g/mol. The molecule has 2 aromatic heterocycles. The normalized spacial score (nSPS) is 18.7. The molecule has 132 valence electrons. The maximum absolute atomic E-state index is 11.2. The van der Waals surface area contributed by atoms with Gasteiger partial charge in [-0.25, -0.2) is 15.0 Å². The standard InChI is InChI=1S/C17H22N6OS/c18-16(24)14-10-25-17(21-14)23-7-3-12(4-8-23)13-9-15(20-11-19-13)22-5-1-2-6-22/h9-12H,1-8H2,(H2,18,24). The van der Waals surface area contributed by atoms with Crippen molar-refractivity contribution in [2.24, 2.45) is 5.73 Å². The molecule has 7 nitrogen and oxygen atoms in total. The number of thiazole rings is 1. The average Bonchev–Trinajstić information content (AvgIpc) is 3.34. The molecule has 0 aliphatic carbocycles. The molecule has 0 spiro atoms. The lowest BCUT2D eigenvalue weighted by atomic mass is 9.93. The van der Waals surface area contributed by atoms with Crippen molar-refractivity contribution in [3.8, 4) is 0 Å². The van der Waals surface area contributed by atoms with Crippen molar-refractivity contribution in [3.63, 3.8) is 0 Å². The Morgan fingerprint density at radius 1 is 1.12 bits per heavy atom. The summed E-state index contributed by atoms with van der Waals surface area (Å²) in [5.74, 6) is 1.06. The Kier molecular flexibility index (Phi) is 4.52. The first-order valence-electron chi connectivity index (χ1n) is 8.78. The van der Waals surface area contributed by atoms with Crippen LogP contribution in [0.5, 0.6) is 0 Å². The highest BCUT2D eigenvalue weighted by molar-refractivity contribution is 7.13. The Hall–Kier alpha value is -2.22. The first-order chi connectivity index (χ1) is 12.2. The van der Waals surface area contributed by atoms with Crippen molar-refractivity contribution >= 4 is 28.2 Å². The van der Waals surface area contributed by atoms with Gasteiger partial charge in [0.2, 0.25) is 0 Å². The summed E-state index contributed by atoms with van der Waals surface area (Å²) >= 11 is 1.48. The number of hydrogen-bond donors (Lipinski definition) is 1. The SMILES string of the molecule is NC(=O)c1csc(N2CCC(c3cc(N4CCCC4)ncn3)CC2)n1. The Balaban J connectivity index is 1.41. The number of primary amides is 1. The molecule has 8 heteroatoms. The molecule has 1 amide bonds. The zero-order valence-electron chi connectivity index (χ0n) is 14.1. The van der Waals surface area contributed by atoms with Gasteiger partial charge in [-0.2, -0.15) is 0 Å². The fraction of sp³-hybridized carbons (Fsp3) is 0.529. The highest BCUT2D eigenvalue weighted by atomic mass is 32.1. The van der Waals surface area contributed by atoms with Crippen LogP contribution in [-0.4, -0.2) is 47.0 Å². The maximum Gasteiger partial charge on any atom is 0.268 e. The van der Waals surface area contributed by atoms with Gasteiger partial charge in [-0.15, -0.1) is 11.3 Å². The van der Waals surface area contributed by atoms with E-state index in [1.54, 1.807) is 11.7 Å². The van der Waals surface area contributed by atoms with Gasteiger partial charge in [0.25, 0.3) is 5.91 Å². The summed E-state index contributed by atoms with van der Waals surface area (Å²) in [6, 6.07) is 2.17. The van der Waals surface area contributed by atoms with Gasteiger partial charge in [-0.3, -0.25) is 4.79 Å². The molecule has 0 saturated carbocycles. The van der Waals surface area contributed by atoms with Gasteiger partial charge < -0.3 is 15.5 Å². The van der Waals surface area contributed by atoms with E-state index in [0.29, 0.717) is 11.6 Å². The van der Waals surface area contributed by atoms with Crippen LogP contribution in [0.2, 0.25) is 0 Å². The number of carbonyl (C=O) groups excluding carboxylic acids is 1. The molecule has 0 bridgehead atoms. The van der Waals surface area contributed by atoms with Crippen molar-refractivity contribution in [3.05, 3.63) is 29.2 Å². The summed E-state index contributed by atoms with van der Waals surface area (Å²) in [6.07, 6.45) is 6.26. The van der Waals surface area contributed by atoms with E-state index >= 15 is 0 Å². The Morgan fingerprint density at radius 2 is 1.88 bits per heavy atom. The molecule has 0 atom stereocenters. The minimum atomic E-state index is -0.465. The number of carbonyl (C=O) groups is 1. The Bertz CT molecular complexity index is 749. The number of aromatic nitrogens is 3. The van der Waals surface area contributed by atoms with Crippen LogP contribution in [0.15, 0.2) is 17.8 Å². The summed E-state index contributed by atoms with van der Waals surface area (Å²) in [4.78, 5) is 29.1. The maximum atomic E-state index is 11.2. The number of amides is 1. The fourth-order valence-electron chi connectivity index (χ4n) is 3.59. The van der Waals surface area contributed by atoms with Crippen LogP contribution >= 0.6 is 11.3 Å². The van der Waals surface area contributed by atoms with Gasteiger partial charge in [-0.05, 0) is 25.7 Å². The smallest absolute Gasteiger partial charge is 0.268 e. The molecule has 2 aliphatic rings. The topological polar surface area (TPSA) is 88.2 Å². The second kappa shape index (κ2) is 6.95. The number of piperidine rings is 1. The summed E-state index contributed by atoms with van der Waals surface area (Å²) in [6.45, 7) is 4.03. The first kappa shape index (κ1) is 16.3. The van der Waals surface area contributed by atoms with Crippen molar-refractivity contribution in [2.45, 2.75) is 31.6 Å². The van der Waals surface area contributed by atoms with E-state index in [4.69, 9.17) is 5.73 Å². The number of nitrogens with zero attached hydrogens (tertiary/aromatic N) is 5. The van der Waals surface area contributed by atoms with Crippen LogP contribution in [0.4, 0.5) is 10.9 Å². The van der Waals surface area contributed by atoms with Gasteiger partial charge in [0.1, 0.15) is 17.8 Å². The molecule has 0 unspecified atom stereocenters. The van der Waals surface area contributed by atoms with Crippen LogP contribution in [0.1, 0.15) is 47.8 Å². The molecular formula is C17H22N6OS. The van der Waals surface area contributed by atoms with Crippen LogP contribution in [-0.2, 0) is 0 Å². The van der Waals surface area contributed by atoms with E-state index in [0.717, 1.165) is 55.7 Å².